The highest BCUT2D eigenvalue weighted by molar-refractivity contribution is 5.75. The van der Waals surface area contributed by atoms with Crippen LogP contribution in [0.2, 0.25) is 0 Å². The SMILES string of the molecule is CCCCCc1c(-c2ccccc2O)ccc2c1CCCO2. The smallest absolute Gasteiger partial charge is 0.123 e. The number of aromatic hydroxyl groups is 1. The summed E-state index contributed by atoms with van der Waals surface area (Å²) in [5.74, 6) is 1.40. The fourth-order valence-corrected chi connectivity index (χ4v) is 3.30. The number of hydrogen-bond donors (Lipinski definition) is 1. The Balaban J connectivity index is 2.06. The first kappa shape index (κ1) is 15.0. The van der Waals surface area contributed by atoms with Crippen molar-refractivity contribution in [2.75, 3.05) is 6.61 Å². The molecular weight excluding hydrogens is 272 g/mol. The summed E-state index contributed by atoms with van der Waals surface area (Å²) in [5.41, 5.74) is 4.82. The largest absolute Gasteiger partial charge is 0.507 e. The minimum atomic E-state index is 0.357. The lowest BCUT2D eigenvalue weighted by atomic mass is 9.88. The highest BCUT2D eigenvalue weighted by Crippen LogP contribution is 2.39. The number of hydrogen-bond acceptors (Lipinski definition) is 2. The third-order valence-corrected chi connectivity index (χ3v) is 4.44. The predicted octanol–water partition coefficient (Wildman–Crippen LogP) is 5.12. The van der Waals surface area contributed by atoms with Crippen LogP contribution in [0.4, 0.5) is 0 Å². The molecule has 1 aliphatic heterocycles. The van der Waals surface area contributed by atoms with Gasteiger partial charge < -0.3 is 9.84 Å². The molecule has 1 N–H and O–H groups in total. The van der Waals surface area contributed by atoms with E-state index in [-0.39, 0.29) is 0 Å². The van der Waals surface area contributed by atoms with Crippen molar-refractivity contribution in [3.05, 3.63) is 47.5 Å². The summed E-state index contributed by atoms with van der Waals surface area (Å²) < 4.78 is 5.83. The Labute approximate surface area is 132 Å². The summed E-state index contributed by atoms with van der Waals surface area (Å²) in [6, 6.07) is 11.8. The minimum Gasteiger partial charge on any atom is -0.507 e. The summed E-state index contributed by atoms with van der Waals surface area (Å²) in [7, 11) is 0. The molecular formula is C20H24O2. The van der Waals surface area contributed by atoms with Crippen LogP contribution in [0.25, 0.3) is 11.1 Å². The molecule has 0 saturated carbocycles. The van der Waals surface area contributed by atoms with Gasteiger partial charge in [-0.15, -0.1) is 0 Å². The van der Waals surface area contributed by atoms with E-state index in [1.54, 1.807) is 6.07 Å². The summed E-state index contributed by atoms with van der Waals surface area (Å²) >= 11 is 0. The number of phenols is 1. The van der Waals surface area contributed by atoms with E-state index in [1.165, 1.54) is 36.0 Å². The van der Waals surface area contributed by atoms with E-state index in [2.05, 4.69) is 19.1 Å². The average molecular weight is 296 g/mol. The Bertz CT molecular complexity index is 646. The van der Waals surface area contributed by atoms with Gasteiger partial charge >= 0.3 is 0 Å². The van der Waals surface area contributed by atoms with Crippen molar-refractivity contribution in [3.63, 3.8) is 0 Å². The van der Waals surface area contributed by atoms with Gasteiger partial charge in [0, 0.05) is 5.56 Å². The summed E-state index contributed by atoms with van der Waals surface area (Å²) in [5, 5.41) is 10.2. The van der Waals surface area contributed by atoms with Crippen molar-refractivity contribution in [1.82, 2.24) is 0 Å². The van der Waals surface area contributed by atoms with Gasteiger partial charge in [0.05, 0.1) is 6.61 Å². The van der Waals surface area contributed by atoms with E-state index in [0.29, 0.717) is 5.75 Å². The Morgan fingerprint density at radius 1 is 1.05 bits per heavy atom. The molecule has 116 valence electrons. The third kappa shape index (κ3) is 2.96. The van der Waals surface area contributed by atoms with Gasteiger partial charge in [0.1, 0.15) is 11.5 Å². The molecule has 22 heavy (non-hydrogen) atoms. The highest BCUT2D eigenvalue weighted by atomic mass is 16.5. The first-order valence-electron chi connectivity index (χ1n) is 8.37. The molecule has 0 saturated heterocycles. The van der Waals surface area contributed by atoms with Crippen molar-refractivity contribution in [1.29, 1.82) is 0 Å². The molecule has 2 heteroatoms. The fourth-order valence-electron chi connectivity index (χ4n) is 3.30. The number of phenolic OH excluding ortho intramolecular Hbond substituents is 1. The fraction of sp³-hybridized carbons (Fsp3) is 0.400. The zero-order valence-corrected chi connectivity index (χ0v) is 13.3. The molecule has 0 bridgehead atoms. The lowest BCUT2D eigenvalue weighted by Crippen LogP contribution is -2.11. The zero-order valence-electron chi connectivity index (χ0n) is 13.3. The Morgan fingerprint density at radius 3 is 2.73 bits per heavy atom. The lowest BCUT2D eigenvalue weighted by Gasteiger charge is -2.23. The second kappa shape index (κ2) is 6.87. The number of fused-ring (bicyclic) bond motifs is 1. The summed E-state index contributed by atoms with van der Waals surface area (Å²) in [6.07, 6.45) is 6.87. The quantitative estimate of drug-likeness (QED) is 0.776. The molecule has 1 heterocycles. The van der Waals surface area contributed by atoms with Gasteiger partial charge in [0.2, 0.25) is 0 Å². The van der Waals surface area contributed by atoms with Crippen molar-refractivity contribution in [2.24, 2.45) is 0 Å². The maximum Gasteiger partial charge on any atom is 0.123 e. The topological polar surface area (TPSA) is 29.5 Å². The average Bonchev–Trinajstić information content (AvgIpc) is 2.56. The normalized spacial score (nSPS) is 13.5. The van der Waals surface area contributed by atoms with Crippen LogP contribution in [0.3, 0.4) is 0 Å². The van der Waals surface area contributed by atoms with Crippen LogP contribution in [-0.2, 0) is 12.8 Å². The first-order valence-corrected chi connectivity index (χ1v) is 8.37. The molecule has 2 aromatic rings. The van der Waals surface area contributed by atoms with E-state index in [4.69, 9.17) is 4.74 Å². The number of para-hydroxylation sites is 1. The van der Waals surface area contributed by atoms with E-state index in [9.17, 15) is 5.11 Å². The van der Waals surface area contributed by atoms with Gasteiger partial charge in [0.15, 0.2) is 0 Å². The van der Waals surface area contributed by atoms with E-state index < -0.39 is 0 Å². The second-order valence-electron chi connectivity index (χ2n) is 5.99. The standard InChI is InChI=1S/C20H24O2/c1-2-3-4-8-15-16(17-9-5-6-11-19(17)21)12-13-20-18(15)10-7-14-22-20/h5-6,9,11-13,21H,2-4,7-8,10,14H2,1H3. The zero-order chi connectivity index (χ0) is 15.4. The molecule has 0 radical (unpaired) electrons. The van der Waals surface area contributed by atoms with Crippen LogP contribution in [0, 0.1) is 0 Å². The molecule has 3 rings (SSSR count). The molecule has 0 aliphatic carbocycles. The molecule has 2 aromatic carbocycles. The number of benzene rings is 2. The first-order chi connectivity index (χ1) is 10.8. The van der Waals surface area contributed by atoms with Crippen LogP contribution in [0.15, 0.2) is 36.4 Å². The predicted molar refractivity (Wildman–Crippen MR) is 90.6 cm³/mol. The Morgan fingerprint density at radius 2 is 1.91 bits per heavy atom. The van der Waals surface area contributed by atoms with Crippen molar-refractivity contribution in [3.8, 4) is 22.6 Å². The van der Waals surface area contributed by atoms with E-state index >= 15 is 0 Å². The van der Waals surface area contributed by atoms with Gasteiger partial charge in [-0.2, -0.15) is 0 Å². The molecule has 2 nitrogen and oxygen atoms in total. The van der Waals surface area contributed by atoms with Crippen LogP contribution >= 0.6 is 0 Å². The van der Waals surface area contributed by atoms with Crippen molar-refractivity contribution < 1.29 is 9.84 Å². The van der Waals surface area contributed by atoms with Crippen molar-refractivity contribution in [2.45, 2.75) is 45.4 Å². The molecule has 0 spiro atoms. The number of ether oxygens (including phenoxy) is 1. The summed E-state index contributed by atoms with van der Waals surface area (Å²) in [4.78, 5) is 0. The molecule has 0 unspecified atom stereocenters. The van der Waals surface area contributed by atoms with Crippen LogP contribution in [0.5, 0.6) is 11.5 Å². The van der Waals surface area contributed by atoms with Gasteiger partial charge in [-0.1, -0.05) is 44.0 Å². The van der Waals surface area contributed by atoms with E-state index in [0.717, 1.165) is 37.2 Å². The number of unbranched alkanes of at least 4 members (excludes halogenated alkanes) is 2. The van der Waals surface area contributed by atoms with Gasteiger partial charge in [-0.3, -0.25) is 0 Å². The molecule has 0 atom stereocenters. The molecule has 0 aromatic heterocycles. The lowest BCUT2D eigenvalue weighted by molar-refractivity contribution is 0.287. The second-order valence-corrected chi connectivity index (χ2v) is 5.99. The summed E-state index contributed by atoms with van der Waals surface area (Å²) in [6.45, 7) is 3.05. The highest BCUT2D eigenvalue weighted by Gasteiger charge is 2.19. The van der Waals surface area contributed by atoms with Gasteiger partial charge in [0.25, 0.3) is 0 Å². The maximum absolute atomic E-state index is 10.2. The van der Waals surface area contributed by atoms with Crippen LogP contribution < -0.4 is 4.74 Å². The Hall–Kier alpha value is -1.96. The van der Waals surface area contributed by atoms with E-state index in [1.807, 2.05) is 18.2 Å². The maximum atomic E-state index is 10.2. The number of rotatable bonds is 5. The molecule has 1 aliphatic rings. The van der Waals surface area contributed by atoms with Gasteiger partial charge in [-0.05, 0) is 54.5 Å². The van der Waals surface area contributed by atoms with Gasteiger partial charge in [-0.25, -0.2) is 0 Å². The van der Waals surface area contributed by atoms with Crippen molar-refractivity contribution >= 4 is 0 Å². The minimum absolute atomic E-state index is 0.357. The van der Waals surface area contributed by atoms with Crippen LogP contribution in [0.1, 0.15) is 43.7 Å². The monoisotopic (exact) mass is 296 g/mol. The molecule has 0 amide bonds. The Kier molecular flexibility index (Phi) is 4.67. The third-order valence-electron chi connectivity index (χ3n) is 4.44. The molecule has 0 fully saturated rings. The van der Waals surface area contributed by atoms with Crippen LogP contribution in [-0.4, -0.2) is 11.7 Å².